The first kappa shape index (κ1) is 16.8. The fourth-order valence-electron chi connectivity index (χ4n) is 3.43. The molecular formula is C20H22N4OS. The summed E-state index contributed by atoms with van der Waals surface area (Å²) in [4.78, 5) is 10.5. The summed E-state index contributed by atoms with van der Waals surface area (Å²) >= 11 is 5.64. The topological polar surface area (TPSA) is 53.2 Å². The molecule has 0 bridgehead atoms. The molecule has 1 aliphatic rings. The predicted octanol–water partition coefficient (Wildman–Crippen LogP) is 4.15. The SMILES string of the molecule is COc1ccc(NC(=S)N2CCCC(c3nc4ccccc4[nH]3)C2)cc1. The highest BCUT2D eigenvalue weighted by Crippen LogP contribution is 2.27. The number of nitrogens with zero attached hydrogens (tertiary/aromatic N) is 2. The molecule has 134 valence electrons. The molecule has 5 nitrogen and oxygen atoms in total. The van der Waals surface area contributed by atoms with Crippen LogP contribution in [0.4, 0.5) is 5.69 Å². The lowest BCUT2D eigenvalue weighted by Crippen LogP contribution is -2.41. The summed E-state index contributed by atoms with van der Waals surface area (Å²) in [6.07, 6.45) is 2.23. The van der Waals surface area contributed by atoms with Gasteiger partial charge in [-0.2, -0.15) is 0 Å². The number of thiocarbonyl (C=S) groups is 1. The molecule has 0 saturated carbocycles. The molecule has 0 aliphatic carbocycles. The fraction of sp³-hybridized carbons (Fsp3) is 0.300. The van der Waals surface area contributed by atoms with Gasteiger partial charge in [-0.15, -0.1) is 0 Å². The van der Waals surface area contributed by atoms with Gasteiger partial charge in [0.15, 0.2) is 5.11 Å². The maximum atomic E-state index is 5.64. The second-order valence-corrected chi connectivity index (χ2v) is 6.97. The number of H-pyrrole nitrogens is 1. The molecule has 1 aromatic heterocycles. The number of piperidine rings is 1. The van der Waals surface area contributed by atoms with Gasteiger partial charge >= 0.3 is 0 Å². The van der Waals surface area contributed by atoms with Crippen molar-refractivity contribution in [3.63, 3.8) is 0 Å². The number of hydrogen-bond acceptors (Lipinski definition) is 3. The molecule has 0 spiro atoms. The van der Waals surface area contributed by atoms with E-state index in [1.54, 1.807) is 7.11 Å². The number of ether oxygens (including phenoxy) is 1. The summed E-state index contributed by atoms with van der Waals surface area (Å²) in [6, 6.07) is 16.0. The maximum Gasteiger partial charge on any atom is 0.173 e. The number of benzene rings is 2. The molecule has 1 unspecified atom stereocenters. The van der Waals surface area contributed by atoms with E-state index < -0.39 is 0 Å². The van der Waals surface area contributed by atoms with E-state index in [9.17, 15) is 0 Å². The molecule has 3 aromatic rings. The highest BCUT2D eigenvalue weighted by atomic mass is 32.1. The lowest BCUT2D eigenvalue weighted by molar-refractivity contribution is 0.307. The van der Waals surface area contributed by atoms with Gasteiger partial charge in [-0.3, -0.25) is 0 Å². The van der Waals surface area contributed by atoms with E-state index in [2.05, 4.69) is 21.3 Å². The van der Waals surface area contributed by atoms with Crippen LogP contribution >= 0.6 is 12.2 Å². The summed E-state index contributed by atoms with van der Waals surface area (Å²) in [5, 5.41) is 4.09. The van der Waals surface area contributed by atoms with E-state index in [0.29, 0.717) is 5.92 Å². The summed E-state index contributed by atoms with van der Waals surface area (Å²) < 4.78 is 5.20. The minimum absolute atomic E-state index is 0.367. The number of rotatable bonds is 3. The first-order valence-electron chi connectivity index (χ1n) is 8.87. The van der Waals surface area contributed by atoms with Crippen molar-refractivity contribution >= 4 is 34.1 Å². The third kappa shape index (κ3) is 3.51. The van der Waals surface area contributed by atoms with Crippen molar-refractivity contribution < 1.29 is 4.74 Å². The van der Waals surface area contributed by atoms with Gasteiger partial charge < -0.3 is 19.9 Å². The first-order chi connectivity index (χ1) is 12.7. The van der Waals surface area contributed by atoms with Crippen LogP contribution in [0.15, 0.2) is 48.5 Å². The molecule has 2 N–H and O–H groups in total. The highest BCUT2D eigenvalue weighted by molar-refractivity contribution is 7.80. The smallest absolute Gasteiger partial charge is 0.173 e. The van der Waals surface area contributed by atoms with Crippen LogP contribution in [0.25, 0.3) is 11.0 Å². The van der Waals surface area contributed by atoms with Crippen LogP contribution in [0, 0.1) is 0 Å². The van der Waals surface area contributed by atoms with Crippen molar-refractivity contribution in [1.29, 1.82) is 0 Å². The Morgan fingerprint density at radius 2 is 2.04 bits per heavy atom. The Labute approximate surface area is 158 Å². The van der Waals surface area contributed by atoms with E-state index in [4.69, 9.17) is 21.9 Å². The Hall–Kier alpha value is -2.60. The van der Waals surface area contributed by atoms with E-state index in [1.165, 1.54) is 0 Å². The zero-order valence-corrected chi connectivity index (χ0v) is 15.6. The molecule has 26 heavy (non-hydrogen) atoms. The molecule has 1 saturated heterocycles. The van der Waals surface area contributed by atoms with Gasteiger partial charge in [-0.05, 0) is 61.5 Å². The van der Waals surface area contributed by atoms with Crippen molar-refractivity contribution in [2.45, 2.75) is 18.8 Å². The molecule has 2 heterocycles. The standard InChI is InChI=1S/C20H22N4OS/c1-25-16-10-8-15(9-11-16)21-20(26)24-12-4-5-14(13-24)19-22-17-6-2-3-7-18(17)23-19/h2-3,6-11,14H,4-5,12-13H2,1H3,(H,21,26)(H,22,23). The first-order valence-corrected chi connectivity index (χ1v) is 9.28. The Bertz CT molecular complexity index is 873. The average molecular weight is 366 g/mol. The average Bonchev–Trinajstić information content (AvgIpc) is 3.13. The molecule has 6 heteroatoms. The monoisotopic (exact) mass is 366 g/mol. The zero-order chi connectivity index (χ0) is 17.9. The number of likely N-dealkylation sites (tertiary alicyclic amines) is 1. The number of aromatic nitrogens is 2. The second kappa shape index (κ2) is 7.33. The molecule has 4 rings (SSSR count). The number of aromatic amines is 1. The van der Waals surface area contributed by atoms with Crippen molar-refractivity contribution in [2.24, 2.45) is 0 Å². The van der Waals surface area contributed by atoms with Gasteiger partial charge in [0.25, 0.3) is 0 Å². The summed E-state index contributed by atoms with van der Waals surface area (Å²) in [5.41, 5.74) is 3.10. The number of hydrogen-bond donors (Lipinski definition) is 2. The summed E-state index contributed by atoms with van der Waals surface area (Å²) in [7, 11) is 1.67. The Morgan fingerprint density at radius 3 is 2.81 bits per heavy atom. The maximum absolute atomic E-state index is 5.64. The zero-order valence-electron chi connectivity index (χ0n) is 14.7. The third-order valence-electron chi connectivity index (χ3n) is 4.84. The number of fused-ring (bicyclic) bond motifs is 1. The molecule has 1 atom stereocenters. The minimum Gasteiger partial charge on any atom is -0.497 e. The van der Waals surface area contributed by atoms with E-state index in [1.807, 2.05) is 42.5 Å². The number of para-hydroxylation sites is 2. The Kier molecular flexibility index (Phi) is 4.75. The molecule has 1 fully saturated rings. The lowest BCUT2D eigenvalue weighted by Gasteiger charge is -2.33. The largest absolute Gasteiger partial charge is 0.497 e. The third-order valence-corrected chi connectivity index (χ3v) is 5.20. The van der Waals surface area contributed by atoms with Crippen LogP contribution in [0.1, 0.15) is 24.6 Å². The predicted molar refractivity (Wildman–Crippen MR) is 109 cm³/mol. The van der Waals surface area contributed by atoms with Crippen molar-refractivity contribution in [1.82, 2.24) is 14.9 Å². The van der Waals surface area contributed by atoms with Gasteiger partial charge in [-0.25, -0.2) is 4.98 Å². The minimum atomic E-state index is 0.367. The van der Waals surface area contributed by atoms with Crippen LogP contribution in [-0.4, -0.2) is 40.2 Å². The second-order valence-electron chi connectivity index (χ2n) is 6.58. The number of nitrogens with one attached hydrogen (secondary N) is 2. The van der Waals surface area contributed by atoms with Crippen LogP contribution in [0.5, 0.6) is 5.75 Å². The fourth-order valence-corrected chi connectivity index (χ4v) is 3.71. The van der Waals surface area contributed by atoms with Crippen LogP contribution < -0.4 is 10.1 Å². The van der Waals surface area contributed by atoms with Gasteiger partial charge in [0.1, 0.15) is 11.6 Å². The molecule has 0 amide bonds. The lowest BCUT2D eigenvalue weighted by atomic mass is 9.98. The van der Waals surface area contributed by atoms with Gasteiger partial charge in [-0.1, -0.05) is 12.1 Å². The van der Waals surface area contributed by atoms with E-state index >= 15 is 0 Å². The van der Waals surface area contributed by atoms with Gasteiger partial charge in [0.2, 0.25) is 0 Å². The van der Waals surface area contributed by atoms with Crippen molar-refractivity contribution in [3.05, 3.63) is 54.4 Å². The molecule has 0 radical (unpaired) electrons. The number of methoxy groups -OCH3 is 1. The number of anilines is 1. The molecule has 2 aromatic carbocycles. The van der Waals surface area contributed by atoms with Gasteiger partial charge in [0.05, 0.1) is 18.1 Å². The van der Waals surface area contributed by atoms with Gasteiger partial charge in [0, 0.05) is 24.7 Å². The van der Waals surface area contributed by atoms with Crippen LogP contribution in [-0.2, 0) is 0 Å². The van der Waals surface area contributed by atoms with Crippen molar-refractivity contribution in [2.75, 3.05) is 25.5 Å². The Balaban J connectivity index is 1.44. The quantitative estimate of drug-likeness (QED) is 0.682. The summed E-state index contributed by atoms with van der Waals surface area (Å²) in [6.45, 7) is 1.85. The van der Waals surface area contributed by atoms with Crippen LogP contribution in [0.2, 0.25) is 0 Å². The normalized spacial score (nSPS) is 17.3. The van der Waals surface area contributed by atoms with Crippen molar-refractivity contribution in [3.8, 4) is 5.75 Å². The molecule has 1 aliphatic heterocycles. The molecular weight excluding hydrogens is 344 g/mol. The van der Waals surface area contributed by atoms with Crippen LogP contribution in [0.3, 0.4) is 0 Å². The number of imidazole rings is 1. The Morgan fingerprint density at radius 1 is 1.23 bits per heavy atom. The van der Waals surface area contributed by atoms with E-state index in [-0.39, 0.29) is 0 Å². The highest BCUT2D eigenvalue weighted by Gasteiger charge is 2.25. The van der Waals surface area contributed by atoms with E-state index in [0.717, 1.165) is 59.3 Å². The summed E-state index contributed by atoms with van der Waals surface area (Å²) in [5.74, 6) is 2.26.